The Balaban J connectivity index is 1.70. The number of alkyl halides is 3. The molecule has 4 rings (SSSR count). The zero-order chi connectivity index (χ0) is 21.6. The lowest BCUT2D eigenvalue weighted by molar-refractivity contribution is -0.164. The van der Waals surface area contributed by atoms with Crippen molar-refractivity contribution >= 4 is 17.5 Å². The molecule has 160 valence electrons. The van der Waals surface area contributed by atoms with Crippen LogP contribution in [0.25, 0.3) is 0 Å². The van der Waals surface area contributed by atoms with Crippen molar-refractivity contribution in [3.8, 4) is 5.75 Å². The number of carbonyl (C=O) groups excluding carboxylic acids is 2. The summed E-state index contributed by atoms with van der Waals surface area (Å²) in [6.45, 7) is -0.296. The number of likely N-dealkylation sites (N-methyl/N-ethyl adjacent to an activating group) is 1. The molecule has 1 aromatic heterocycles. The zero-order valence-electron chi connectivity index (χ0n) is 16.0. The third kappa shape index (κ3) is 3.60. The lowest BCUT2D eigenvalue weighted by atomic mass is 10.00. The molecule has 0 spiro atoms. The van der Waals surface area contributed by atoms with E-state index < -0.39 is 30.7 Å². The van der Waals surface area contributed by atoms with E-state index >= 15 is 0 Å². The minimum Gasteiger partial charge on any atom is -0.489 e. The van der Waals surface area contributed by atoms with E-state index in [9.17, 15) is 22.8 Å². The molecule has 2 amide bonds. The summed E-state index contributed by atoms with van der Waals surface area (Å²) >= 11 is 0. The Labute approximate surface area is 169 Å². The molecule has 0 fully saturated rings. The number of nitrogens with two attached hydrogens (primary N) is 1. The Kier molecular flexibility index (Phi) is 4.92. The average molecular weight is 424 g/mol. The summed E-state index contributed by atoms with van der Waals surface area (Å²) in [5.74, 6) is -0.719. The molecule has 1 aromatic carbocycles. The quantitative estimate of drug-likeness (QED) is 0.812. The molecule has 1 unspecified atom stereocenters. The second-order valence-electron chi connectivity index (χ2n) is 7.23. The molecule has 0 saturated heterocycles. The van der Waals surface area contributed by atoms with Crippen molar-refractivity contribution in [3.63, 3.8) is 0 Å². The molecule has 0 radical (unpaired) electrons. The molecule has 2 aliphatic heterocycles. The van der Waals surface area contributed by atoms with Gasteiger partial charge in [-0.1, -0.05) is 12.1 Å². The fraction of sp³-hybridized carbons (Fsp3) is 0.421. The number of hydrogen-bond donors (Lipinski definition) is 1. The van der Waals surface area contributed by atoms with E-state index in [1.165, 1.54) is 9.58 Å². The van der Waals surface area contributed by atoms with Crippen LogP contribution in [-0.4, -0.2) is 47.5 Å². The van der Waals surface area contributed by atoms with Crippen LogP contribution in [0, 0.1) is 0 Å². The normalized spacial score (nSPS) is 21.5. The van der Waals surface area contributed by atoms with E-state index in [0.717, 1.165) is 0 Å². The fourth-order valence-electron chi connectivity index (χ4n) is 3.81. The summed E-state index contributed by atoms with van der Waals surface area (Å²) in [5.41, 5.74) is 6.46. The van der Waals surface area contributed by atoms with Gasteiger partial charge in [-0.2, -0.15) is 18.3 Å². The number of para-hydroxylation sites is 2. The minimum absolute atomic E-state index is 0.0709. The number of benzene rings is 1. The van der Waals surface area contributed by atoms with Crippen LogP contribution in [0.3, 0.4) is 0 Å². The number of halogens is 3. The number of nitrogens with zero attached hydrogens (tertiary/aromatic N) is 3. The van der Waals surface area contributed by atoms with Crippen LogP contribution in [-0.2, 0) is 22.6 Å². The van der Waals surface area contributed by atoms with Gasteiger partial charge in [0.05, 0.1) is 30.5 Å². The van der Waals surface area contributed by atoms with Gasteiger partial charge in [0.15, 0.2) is 11.7 Å². The Morgan fingerprint density at radius 2 is 2.07 bits per heavy atom. The number of amides is 2. The van der Waals surface area contributed by atoms with E-state index in [0.29, 0.717) is 17.1 Å². The van der Waals surface area contributed by atoms with Gasteiger partial charge in [-0.3, -0.25) is 14.3 Å². The van der Waals surface area contributed by atoms with Gasteiger partial charge in [-0.15, -0.1) is 0 Å². The molecule has 3 heterocycles. The van der Waals surface area contributed by atoms with Crippen molar-refractivity contribution in [3.05, 3.63) is 41.2 Å². The van der Waals surface area contributed by atoms with Crippen LogP contribution in [0.4, 0.5) is 18.9 Å². The van der Waals surface area contributed by atoms with Crippen LogP contribution in [0.15, 0.2) is 24.3 Å². The van der Waals surface area contributed by atoms with Crippen molar-refractivity contribution < 1.29 is 32.2 Å². The van der Waals surface area contributed by atoms with Crippen LogP contribution >= 0.6 is 0 Å². The van der Waals surface area contributed by atoms with Gasteiger partial charge in [0.2, 0.25) is 0 Å². The highest BCUT2D eigenvalue weighted by molar-refractivity contribution is 5.98. The van der Waals surface area contributed by atoms with Crippen LogP contribution < -0.4 is 15.4 Å². The van der Waals surface area contributed by atoms with E-state index in [4.69, 9.17) is 15.2 Å². The summed E-state index contributed by atoms with van der Waals surface area (Å²) in [5, 5.41) is 4.19. The first-order valence-electron chi connectivity index (χ1n) is 9.23. The summed E-state index contributed by atoms with van der Waals surface area (Å²) in [6.07, 6.45) is -6.89. The molecule has 0 aliphatic carbocycles. The second kappa shape index (κ2) is 7.31. The van der Waals surface area contributed by atoms with Crippen molar-refractivity contribution in [2.24, 2.45) is 5.73 Å². The number of rotatable bonds is 3. The number of primary amides is 1. The number of carbonyl (C=O) groups is 2. The third-order valence-corrected chi connectivity index (χ3v) is 5.23. The van der Waals surface area contributed by atoms with E-state index in [1.54, 1.807) is 31.3 Å². The van der Waals surface area contributed by atoms with Gasteiger partial charge in [-0.05, 0) is 12.1 Å². The number of anilines is 1. The van der Waals surface area contributed by atoms with Crippen LogP contribution in [0.1, 0.15) is 34.2 Å². The number of ether oxygens (including phenoxy) is 2. The Morgan fingerprint density at radius 3 is 2.77 bits per heavy atom. The maximum absolute atomic E-state index is 13.1. The van der Waals surface area contributed by atoms with Gasteiger partial charge in [0, 0.05) is 19.0 Å². The highest BCUT2D eigenvalue weighted by Crippen LogP contribution is 2.35. The Morgan fingerprint density at radius 1 is 1.33 bits per heavy atom. The molecule has 2 aliphatic rings. The van der Waals surface area contributed by atoms with Gasteiger partial charge in [0.25, 0.3) is 11.8 Å². The van der Waals surface area contributed by atoms with E-state index in [1.807, 2.05) is 0 Å². The molecule has 11 heteroatoms. The monoisotopic (exact) mass is 424 g/mol. The van der Waals surface area contributed by atoms with Crippen molar-refractivity contribution in [2.75, 3.05) is 18.6 Å². The van der Waals surface area contributed by atoms with Gasteiger partial charge in [-0.25, -0.2) is 0 Å². The summed E-state index contributed by atoms with van der Waals surface area (Å²) in [6, 6.07) is 6.05. The van der Waals surface area contributed by atoms with Crippen LogP contribution in [0.5, 0.6) is 5.75 Å². The van der Waals surface area contributed by atoms with Crippen molar-refractivity contribution in [1.29, 1.82) is 0 Å². The predicted octanol–water partition coefficient (Wildman–Crippen LogP) is 1.97. The van der Waals surface area contributed by atoms with E-state index in [-0.39, 0.29) is 36.8 Å². The SMILES string of the molecule is CN1C(=O)[C@@H](n2nc(C(N)=O)c3c2COC(CC(F)(F)F)C3)COc2ccccc21. The maximum Gasteiger partial charge on any atom is 0.391 e. The molecule has 8 nitrogen and oxygen atoms in total. The molecular weight excluding hydrogens is 405 g/mol. The second-order valence-corrected chi connectivity index (χ2v) is 7.23. The number of aromatic nitrogens is 2. The maximum atomic E-state index is 13.1. The molecule has 2 aromatic rings. The Hall–Kier alpha value is -3.08. The molecule has 30 heavy (non-hydrogen) atoms. The lowest BCUT2D eigenvalue weighted by Crippen LogP contribution is -2.37. The van der Waals surface area contributed by atoms with Gasteiger partial charge >= 0.3 is 6.18 Å². The lowest BCUT2D eigenvalue weighted by Gasteiger charge is -2.26. The van der Waals surface area contributed by atoms with E-state index in [2.05, 4.69) is 5.10 Å². The molecule has 2 atom stereocenters. The van der Waals surface area contributed by atoms with Gasteiger partial charge < -0.3 is 20.1 Å². The molecule has 0 bridgehead atoms. The number of hydrogen-bond acceptors (Lipinski definition) is 5. The van der Waals surface area contributed by atoms with Gasteiger partial charge in [0.1, 0.15) is 12.4 Å². The summed E-state index contributed by atoms with van der Waals surface area (Å²) in [7, 11) is 1.59. The third-order valence-electron chi connectivity index (χ3n) is 5.23. The highest BCUT2D eigenvalue weighted by Gasteiger charge is 2.40. The summed E-state index contributed by atoms with van der Waals surface area (Å²) in [4.78, 5) is 26.4. The average Bonchev–Trinajstić information content (AvgIpc) is 2.99. The van der Waals surface area contributed by atoms with Crippen molar-refractivity contribution in [2.45, 2.75) is 37.8 Å². The van der Waals surface area contributed by atoms with Crippen molar-refractivity contribution in [1.82, 2.24) is 9.78 Å². The predicted molar refractivity (Wildman–Crippen MR) is 98.1 cm³/mol. The first kappa shape index (κ1) is 20.2. The molecule has 2 N–H and O–H groups in total. The smallest absolute Gasteiger partial charge is 0.391 e. The topological polar surface area (TPSA) is 99.7 Å². The highest BCUT2D eigenvalue weighted by atomic mass is 19.4. The standard InChI is InChI=1S/C19H19F3N4O4/c1-25-12-4-2-3-5-15(12)30-9-14(18(25)28)26-13-8-29-10(7-19(20,21)22)6-11(13)16(24-26)17(23)27/h2-5,10,14H,6-9H2,1H3,(H2,23,27)/t10?,14-/m0/s1. The molecule has 0 saturated carbocycles. The fourth-order valence-corrected chi connectivity index (χ4v) is 3.81. The summed E-state index contributed by atoms with van der Waals surface area (Å²) < 4.78 is 50.8. The molecular formula is C19H19F3N4O4. The first-order valence-corrected chi connectivity index (χ1v) is 9.23. The largest absolute Gasteiger partial charge is 0.489 e. The Bertz CT molecular complexity index is 1000. The zero-order valence-corrected chi connectivity index (χ0v) is 16.0. The minimum atomic E-state index is -4.41. The number of fused-ring (bicyclic) bond motifs is 2. The van der Waals surface area contributed by atoms with Crippen LogP contribution in [0.2, 0.25) is 0 Å². The first-order chi connectivity index (χ1) is 14.2.